The fourth-order valence-corrected chi connectivity index (χ4v) is 6.08. The van der Waals surface area contributed by atoms with Gasteiger partial charge in [0.05, 0.1) is 31.7 Å². The van der Waals surface area contributed by atoms with Crippen LogP contribution in [0.3, 0.4) is 0 Å². The van der Waals surface area contributed by atoms with Gasteiger partial charge in [-0.25, -0.2) is 4.79 Å². The van der Waals surface area contributed by atoms with E-state index in [0.717, 1.165) is 16.7 Å². The Morgan fingerprint density at radius 2 is 1.21 bits per heavy atom. The zero-order valence-electron chi connectivity index (χ0n) is 20.8. The largest absolute Gasteiger partial charge is 0.376 e. The van der Waals surface area contributed by atoms with Gasteiger partial charge in [-0.1, -0.05) is 91.0 Å². The first-order chi connectivity index (χ1) is 18.7. The van der Waals surface area contributed by atoms with Gasteiger partial charge in [-0.2, -0.15) is 0 Å². The second-order valence-corrected chi connectivity index (χ2v) is 10.5. The number of thioether (sulfide) groups is 1. The van der Waals surface area contributed by atoms with Gasteiger partial charge in [0.1, 0.15) is 17.6 Å². The van der Waals surface area contributed by atoms with Crippen molar-refractivity contribution in [3.63, 3.8) is 0 Å². The summed E-state index contributed by atoms with van der Waals surface area (Å²) in [5, 5.41) is -0.513. The third-order valence-corrected chi connectivity index (χ3v) is 7.90. The lowest BCUT2D eigenvalue weighted by atomic mass is 10.1. The third-order valence-electron chi connectivity index (χ3n) is 6.38. The molecule has 5 rings (SSSR count). The van der Waals surface area contributed by atoms with Gasteiger partial charge in [-0.05, 0) is 16.7 Å². The maximum atomic E-state index is 12.8. The molecule has 0 spiro atoms. The molecule has 0 aliphatic carbocycles. The lowest BCUT2D eigenvalue weighted by molar-refractivity contribution is -0.0920. The van der Waals surface area contributed by atoms with E-state index in [2.05, 4.69) is 4.98 Å². The molecule has 1 N–H and O–H groups in total. The van der Waals surface area contributed by atoms with E-state index < -0.39 is 22.7 Å². The number of nitrogens with one attached hydrogen (secondary N) is 1. The van der Waals surface area contributed by atoms with E-state index in [-0.39, 0.29) is 11.4 Å². The molecule has 0 amide bonds. The Kier molecular flexibility index (Phi) is 8.88. The van der Waals surface area contributed by atoms with Crippen molar-refractivity contribution in [1.82, 2.24) is 9.55 Å². The van der Waals surface area contributed by atoms with Crippen LogP contribution in [-0.2, 0) is 34.0 Å². The molecule has 196 valence electrons. The van der Waals surface area contributed by atoms with E-state index in [1.165, 1.54) is 16.8 Å². The molecule has 0 radical (unpaired) electrons. The highest BCUT2D eigenvalue weighted by Gasteiger charge is 2.47. The SMILES string of the molecule is O=c1ccn(C2S[C@@H](COCc3ccccc3)[C@@H](OCc3ccccc3)[C@@H]2OCc2ccccc2)c(=O)[nH]1. The van der Waals surface area contributed by atoms with Crippen LogP contribution in [-0.4, -0.2) is 33.6 Å². The van der Waals surface area contributed by atoms with E-state index in [1.54, 1.807) is 11.8 Å². The second-order valence-electron chi connectivity index (χ2n) is 9.11. The minimum atomic E-state index is -0.476. The molecule has 1 aliphatic rings. The van der Waals surface area contributed by atoms with Crippen molar-refractivity contribution in [2.45, 2.75) is 42.7 Å². The van der Waals surface area contributed by atoms with Crippen molar-refractivity contribution < 1.29 is 14.2 Å². The summed E-state index contributed by atoms with van der Waals surface area (Å²) < 4.78 is 20.6. The number of aromatic amines is 1. The Labute approximate surface area is 225 Å². The maximum Gasteiger partial charge on any atom is 0.329 e. The lowest BCUT2D eigenvalue weighted by Crippen LogP contribution is -2.40. The van der Waals surface area contributed by atoms with E-state index in [1.807, 2.05) is 91.0 Å². The van der Waals surface area contributed by atoms with Crippen molar-refractivity contribution >= 4 is 11.8 Å². The molecule has 1 aliphatic heterocycles. The van der Waals surface area contributed by atoms with E-state index >= 15 is 0 Å². The molecule has 8 heteroatoms. The average molecular weight is 531 g/mol. The molecule has 3 aromatic carbocycles. The molecule has 1 fully saturated rings. The minimum Gasteiger partial charge on any atom is -0.376 e. The summed E-state index contributed by atoms with van der Waals surface area (Å²) >= 11 is 1.57. The fraction of sp³-hybridized carbons (Fsp3) is 0.267. The molecule has 0 bridgehead atoms. The number of hydrogen-bond acceptors (Lipinski definition) is 6. The molecule has 0 saturated carbocycles. The summed E-state index contributed by atoms with van der Waals surface area (Å²) in [6.45, 7) is 1.66. The van der Waals surface area contributed by atoms with Gasteiger partial charge >= 0.3 is 5.69 Å². The van der Waals surface area contributed by atoms with Gasteiger partial charge < -0.3 is 14.2 Å². The smallest absolute Gasteiger partial charge is 0.329 e. The van der Waals surface area contributed by atoms with Crippen molar-refractivity contribution in [3.05, 3.63) is 141 Å². The number of rotatable bonds is 11. The van der Waals surface area contributed by atoms with Gasteiger partial charge in [-0.15, -0.1) is 11.8 Å². The molecule has 7 nitrogen and oxygen atoms in total. The minimum absolute atomic E-state index is 0.105. The summed E-state index contributed by atoms with van der Waals surface area (Å²) in [5.74, 6) is 0. The molecule has 38 heavy (non-hydrogen) atoms. The molecule has 1 saturated heterocycles. The normalized spacial score (nSPS) is 20.9. The van der Waals surface area contributed by atoms with Gasteiger partial charge in [-0.3, -0.25) is 14.3 Å². The number of ether oxygens (including phenoxy) is 3. The number of aromatic nitrogens is 2. The molecular weight excluding hydrogens is 500 g/mol. The van der Waals surface area contributed by atoms with E-state index in [0.29, 0.717) is 26.4 Å². The topological polar surface area (TPSA) is 82.5 Å². The Hall–Kier alpha value is -3.43. The first-order valence-electron chi connectivity index (χ1n) is 12.6. The van der Waals surface area contributed by atoms with Crippen LogP contribution in [0.2, 0.25) is 0 Å². The van der Waals surface area contributed by atoms with Crippen LogP contribution < -0.4 is 11.2 Å². The monoisotopic (exact) mass is 530 g/mol. The quantitative estimate of drug-likeness (QED) is 0.307. The summed E-state index contributed by atoms with van der Waals surface area (Å²) in [6, 6.07) is 31.2. The predicted octanol–water partition coefficient (Wildman–Crippen LogP) is 4.54. The lowest BCUT2D eigenvalue weighted by Gasteiger charge is -2.27. The van der Waals surface area contributed by atoms with Crippen LogP contribution >= 0.6 is 11.8 Å². The molecule has 1 unspecified atom stereocenters. The second kappa shape index (κ2) is 12.9. The number of nitrogens with zero attached hydrogens (tertiary/aromatic N) is 1. The van der Waals surface area contributed by atoms with Crippen molar-refractivity contribution in [2.24, 2.45) is 0 Å². The molecule has 2 heterocycles. The first-order valence-corrected chi connectivity index (χ1v) is 13.5. The summed E-state index contributed by atoms with van der Waals surface area (Å²) in [7, 11) is 0. The van der Waals surface area contributed by atoms with Gasteiger partial charge in [0, 0.05) is 12.3 Å². The first kappa shape index (κ1) is 26.2. The standard InChI is InChI=1S/C30H30N2O5S/c33-26-16-17-32(30(34)31-26)29-28(37-20-24-14-8-3-9-15-24)27(36-19-23-12-6-2-7-13-23)25(38-29)21-35-18-22-10-4-1-5-11-22/h1-17,25,27-29H,18-21H2,(H,31,33,34)/t25-,27+,28-,29?/m0/s1. The zero-order chi connectivity index (χ0) is 26.2. The Morgan fingerprint density at radius 3 is 1.76 bits per heavy atom. The van der Waals surface area contributed by atoms with Crippen LogP contribution in [0.5, 0.6) is 0 Å². The predicted molar refractivity (Wildman–Crippen MR) is 148 cm³/mol. The van der Waals surface area contributed by atoms with Crippen molar-refractivity contribution in [2.75, 3.05) is 6.61 Å². The Bertz CT molecular complexity index is 1390. The molecule has 4 atom stereocenters. The fourth-order valence-electron chi connectivity index (χ4n) is 4.47. The van der Waals surface area contributed by atoms with Crippen molar-refractivity contribution in [1.29, 1.82) is 0 Å². The van der Waals surface area contributed by atoms with Crippen molar-refractivity contribution in [3.8, 4) is 0 Å². The van der Waals surface area contributed by atoms with E-state index in [4.69, 9.17) is 14.2 Å². The van der Waals surface area contributed by atoms with Crippen LogP contribution in [0.4, 0.5) is 0 Å². The van der Waals surface area contributed by atoms with Crippen LogP contribution in [0, 0.1) is 0 Å². The van der Waals surface area contributed by atoms with Crippen LogP contribution in [0.15, 0.2) is 113 Å². The number of H-pyrrole nitrogens is 1. The summed E-state index contributed by atoms with van der Waals surface area (Å²) in [5.41, 5.74) is 2.25. The maximum absolute atomic E-state index is 12.8. The molecule has 1 aromatic heterocycles. The molecular formula is C30H30N2O5S. The zero-order valence-corrected chi connectivity index (χ0v) is 21.7. The number of hydrogen-bond donors (Lipinski definition) is 1. The summed E-state index contributed by atoms with van der Waals surface area (Å²) in [4.78, 5) is 26.9. The summed E-state index contributed by atoms with van der Waals surface area (Å²) in [6.07, 6.45) is 0.709. The highest BCUT2D eigenvalue weighted by atomic mass is 32.2. The average Bonchev–Trinajstić information content (AvgIpc) is 3.29. The van der Waals surface area contributed by atoms with Gasteiger partial charge in [0.25, 0.3) is 5.56 Å². The highest BCUT2D eigenvalue weighted by molar-refractivity contribution is 8.00. The van der Waals surface area contributed by atoms with Gasteiger partial charge in [0.15, 0.2) is 0 Å². The molecule has 4 aromatic rings. The third kappa shape index (κ3) is 6.71. The van der Waals surface area contributed by atoms with E-state index in [9.17, 15) is 9.59 Å². The van der Waals surface area contributed by atoms with Crippen LogP contribution in [0.1, 0.15) is 22.1 Å². The Balaban J connectivity index is 1.41. The van der Waals surface area contributed by atoms with Crippen LogP contribution in [0.25, 0.3) is 0 Å². The highest BCUT2D eigenvalue weighted by Crippen LogP contribution is 2.45. The van der Waals surface area contributed by atoms with Gasteiger partial charge in [0.2, 0.25) is 0 Å². The Morgan fingerprint density at radius 1 is 0.684 bits per heavy atom. The number of benzene rings is 3.